The number of sulfonamides is 1. The van der Waals surface area contributed by atoms with Crippen molar-refractivity contribution in [2.24, 2.45) is 4.40 Å². The van der Waals surface area contributed by atoms with E-state index in [1.165, 1.54) is 18.2 Å². The lowest BCUT2D eigenvalue weighted by atomic mass is 10.1. The number of amidine groups is 1. The summed E-state index contributed by atoms with van der Waals surface area (Å²) in [5.74, 6) is -0.590. The molecule has 0 atom stereocenters. The van der Waals surface area contributed by atoms with Gasteiger partial charge in [-0.15, -0.1) is 4.40 Å². The molecule has 1 fully saturated rings. The molecule has 3 aliphatic rings. The van der Waals surface area contributed by atoms with Crippen LogP contribution in [0.25, 0.3) is 0 Å². The molecule has 0 aromatic heterocycles. The molecule has 8 nitrogen and oxygen atoms in total. The first-order valence-corrected chi connectivity index (χ1v) is 12.6. The number of carbonyl (C=O) groups is 1. The van der Waals surface area contributed by atoms with Crippen LogP contribution in [-0.2, 0) is 24.7 Å². The predicted octanol–water partition coefficient (Wildman–Crippen LogP) is 1.84. The summed E-state index contributed by atoms with van der Waals surface area (Å²) in [4.78, 5) is 14.6. The molecular weight excluding hydrogens is 414 g/mol. The molecule has 1 saturated carbocycles. The van der Waals surface area contributed by atoms with Gasteiger partial charge >= 0.3 is 0 Å². The van der Waals surface area contributed by atoms with Crippen molar-refractivity contribution in [3.8, 4) is 0 Å². The number of hydrogen-bond acceptors (Lipinski definition) is 6. The van der Waals surface area contributed by atoms with Gasteiger partial charge < -0.3 is 10.2 Å². The van der Waals surface area contributed by atoms with Gasteiger partial charge in [0.15, 0.2) is 15.7 Å². The quantitative estimate of drug-likeness (QED) is 0.772. The van der Waals surface area contributed by atoms with Gasteiger partial charge in [0.05, 0.1) is 21.5 Å². The third-order valence-corrected chi connectivity index (χ3v) is 8.67. The fraction of sp³-hybridized carbons (Fsp3) is 0.368. The minimum atomic E-state index is -3.62. The van der Waals surface area contributed by atoms with Crippen LogP contribution in [0.2, 0.25) is 0 Å². The number of fused-ring (bicyclic) bond motifs is 1. The molecule has 154 valence electrons. The summed E-state index contributed by atoms with van der Waals surface area (Å²) < 4.78 is 53.0. The lowest BCUT2D eigenvalue weighted by molar-refractivity contribution is -0.112. The largest absolute Gasteiger partial charge is 0.331 e. The molecule has 0 radical (unpaired) electrons. The van der Waals surface area contributed by atoms with Gasteiger partial charge in [-0.2, -0.15) is 0 Å². The van der Waals surface area contributed by atoms with Crippen LogP contribution in [-0.4, -0.2) is 51.0 Å². The van der Waals surface area contributed by atoms with E-state index in [0.717, 1.165) is 12.8 Å². The third-order valence-electron chi connectivity index (χ3n) is 5.26. The average molecular weight is 436 g/mol. The van der Waals surface area contributed by atoms with E-state index in [4.69, 9.17) is 0 Å². The number of carbonyl (C=O) groups excluding carboxylic acids is 1. The zero-order chi connectivity index (χ0) is 20.6. The third kappa shape index (κ3) is 3.99. The molecular formula is C19H21N3O5S2. The summed E-state index contributed by atoms with van der Waals surface area (Å²) in [5, 5.41) is 2.29. The van der Waals surface area contributed by atoms with Crippen molar-refractivity contribution in [3.63, 3.8) is 0 Å². The second-order valence-electron chi connectivity index (χ2n) is 7.25. The second-order valence-corrected chi connectivity index (χ2v) is 11.2. The number of hydrogen-bond donors (Lipinski definition) is 1. The molecule has 0 unspecified atom stereocenters. The number of amides is 1. The van der Waals surface area contributed by atoms with Crippen LogP contribution in [0.15, 0.2) is 57.5 Å². The maximum Gasteiger partial charge on any atom is 0.259 e. The average Bonchev–Trinajstić information content (AvgIpc) is 3.22. The molecule has 1 aliphatic carbocycles. The molecule has 1 aromatic carbocycles. The highest BCUT2D eigenvalue weighted by Crippen LogP contribution is 2.30. The molecule has 2 heterocycles. The minimum Gasteiger partial charge on any atom is -0.331 e. The van der Waals surface area contributed by atoms with Crippen LogP contribution in [0.3, 0.4) is 0 Å². The first-order chi connectivity index (χ1) is 13.8. The molecule has 0 bridgehead atoms. The Hall–Kier alpha value is -2.46. The van der Waals surface area contributed by atoms with Crippen LogP contribution in [0.5, 0.6) is 0 Å². The van der Waals surface area contributed by atoms with E-state index in [0.29, 0.717) is 18.5 Å². The molecule has 4 rings (SSSR count). The zero-order valence-electron chi connectivity index (χ0n) is 15.6. The number of rotatable bonds is 4. The Morgan fingerprint density at radius 3 is 2.72 bits per heavy atom. The molecule has 2 aliphatic heterocycles. The lowest BCUT2D eigenvalue weighted by Gasteiger charge is -2.28. The second kappa shape index (κ2) is 7.42. The van der Waals surface area contributed by atoms with E-state index in [1.807, 2.05) is 0 Å². The first-order valence-electron chi connectivity index (χ1n) is 9.40. The number of benzene rings is 1. The fourth-order valence-electron chi connectivity index (χ4n) is 3.73. The van der Waals surface area contributed by atoms with Crippen molar-refractivity contribution < 1.29 is 21.6 Å². The number of anilines is 1. The van der Waals surface area contributed by atoms with Gasteiger partial charge in [-0.3, -0.25) is 4.79 Å². The van der Waals surface area contributed by atoms with Gasteiger partial charge in [-0.25, -0.2) is 16.8 Å². The summed E-state index contributed by atoms with van der Waals surface area (Å²) >= 11 is 0. The van der Waals surface area contributed by atoms with E-state index in [-0.39, 0.29) is 33.9 Å². The Morgan fingerprint density at radius 2 is 1.97 bits per heavy atom. The van der Waals surface area contributed by atoms with Crippen molar-refractivity contribution in [1.29, 1.82) is 0 Å². The minimum absolute atomic E-state index is 0.0750. The van der Waals surface area contributed by atoms with Crippen molar-refractivity contribution in [2.75, 3.05) is 17.6 Å². The highest BCUT2D eigenvalue weighted by Gasteiger charge is 2.32. The van der Waals surface area contributed by atoms with Gasteiger partial charge in [0.2, 0.25) is 0 Å². The zero-order valence-corrected chi connectivity index (χ0v) is 17.2. The monoisotopic (exact) mass is 435 g/mol. The van der Waals surface area contributed by atoms with E-state index >= 15 is 0 Å². The normalized spacial score (nSPS) is 21.3. The summed E-state index contributed by atoms with van der Waals surface area (Å²) in [6.45, 7) is 0.220. The summed E-state index contributed by atoms with van der Waals surface area (Å²) in [6, 6.07) is 6.16. The molecule has 29 heavy (non-hydrogen) atoms. The number of allylic oxidation sites excluding steroid dienone is 2. The van der Waals surface area contributed by atoms with Crippen molar-refractivity contribution >= 4 is 37.3 Å². The van der Waals surface area contributed by atoms with E-state index in [1.54, 1.807) is 29.3 Å². The standard InChI is InChI=1S/C19H21N3O5S2/c23-19(17-9-4-10-22-11-12-28(24,25)21-18(17)22)20-14-5-3-8-16(13-14)29(26,27)15-6-1-2-7-15/h3-5,8-10,13,15H,1-2,6-7,11-12H2,(H,20,23). The summed E-state index contributed by atoms with van der Waals surface area (Å²) in [6.07, 6.45) is 7.92. The number of nitrogens with zero attached hydrogens (tertiary/aromatic N) is 2. The van der Waals surface area contributed by atoms with Gasteiger partial charge in [-0.1, -0.05) is 18.9 Å². The highest BCUT2D eigenvalue weighted by atomic mass is 32.2. The highest BCUT2D eigenvalue weighted by molar-refractivity contribution is 7.92. The number of sulfone groups is 1. The van der Waals surface area contributed by atoms with Gasteiger partial charge in [0.25, 0.3) is 15.9 Å². The van der Waals surface area contributed by atoms with E-state index in [2.05, 4.69) is 9.71 Å². The van der Waals surface area contributed by atoms with Crippen LogP contribution < -0.4 is 5.32 Å². The van der Waals surface area contributed by atoms with Crippen LogP contribution in [0.1, 0.15) is 25.7 Å². The maximum absolute atomic E-state index is 12.8. The molecule has 1 aromatic rings. The van der Waals surface area contributed by atoms with Crippen molar-refractivity contribution in [3.05, 3.63) is 48.2 Å². The molecule has 1 amide bonds. The molecule has 1 N–H and O–H groups in total. The van der Waals surface area contributed by atoms with E-state index < -0.39 is 25.8 Å². The van der Waals surface area contributed by atoms with Crippen LogP contribution >= 0.6 is 0 Å². The molecule has 10 heteroatoms. The summed E-state index contributed by atoms with van der Waals surface area (Å²) in [7, 11) is -7.06. The topological polar surface area (TPSA) is 113 Å². The Labute approximate surface area is 170 Å². The van der Waals surface area contributed by atoms with Crippen molar-refractivity contribution in [1.82, 2.24) is 4.90 Å². The number of nitrogens with one attached hydrogen (secondary N) is 1. The van der Waals surface area contributed by atoms with Crippen LogP contribution in [0, 0.1) is 0 Å². The van der Waals surface area contributed by atoms with Gasteiger partial charge in [0, 0.05) is 18.4 Å². The lowest BCUT2D eigenvalue weighted by Crippen LogP contribution is -2.40. The smallest absolute Gasteiger partial charge is 0.259 e. The maximum atomic E-state index is 12.8. The fourth-order valence-corrected chi connectivity index (χ4v) is 6.62. The van der Waals surface area contributed by atoms with Gasteiger partial charge in [0.1, 0.15) is 0 Å². The Bertz CT molecular complexity index is 1140. The van der Waals surface area contributed by atoms with Crippen molar-refractivity contribution in [2.45, 2.75) is 35.8 Å². The van der Waals surface area contributed by atoms with Crippen LogP contribution in [0.4, 0.5) is 5.69 Å². The Kier molecular flexibility index (Phi) is 5.07. The van der Waals surface area contributed by atoms with Gasteiger partial charge in [-0.05, 0) is 43.2 Å². The SMILES string of the molecule is O=C(Nc1cccc(S(=O)(=O)C2CCCC2)c1)C1=CC=CN2CCS(=O)(=O)N=C12. The predicted molar refractivity (Wildman–Crippen MR) is 110 cm³/mol. The molecule has 0 spiro atoms. The van der Waals surface area contributed by atoms with E-state index in [9.17, 15) is 21.6 Å². The summed E-state index contributed by atoms with van der Waals surface area (Å²) in [5.41, 5.74) is 0.440. The molecule has 0 saturated heterocycles. The Balaban J connectivity index is 1.58. The first kappa shape index (κ1) is 19.8. The Morgan fingerprint density at radius 1 is 1.21 bits per heavy atom.